The Bertz CT molecular complexity index is 950. The summed E-state index contributed by atoms with van der Waals surface area (Å²) in [5.74, 6) is -0.142. The van der Waals surface area contributed by atoms with Crippen molar-refractivity contribution >= 4 is 23.2 Å². The average Bonchev–Trinajstić information content (AvgIpc) is 2.85. The molecule has 0 spiro atoms. The number of piperidine rings is 1. The molecule has 0 N–H and O–H groups in total. The Morgan fingerprint density at radius 1 is 1.07 bits per heavy atom. The topological polar surface area (TPSA) is 53.0 Å². The standard InChI is InChI=1S/C24H27N3O2/c1-24(2)13-8-14-26(17-24)22(29)16-27-20-12-7-6-11-19(20)23(25-15-21(27)28)18-9-4-3-5-10-18/h3-7,9-12H,8,13-17H2,1-2H3. The summed E-state index contributed by atoms with van der Waals surface area (Å²) >= 11 is 0. The Morgan fingerprint density at radius 3 is 2.55 bits per heavy atom. The number of carbonyl (C=O) groups is 2. The van der Waals surface area contributed by atoms with Crippen LogP contribution >= 0.6 is 0 Å². The number of hydrogen-bond acceptors (Lipinski definition) is 3. The molecule has 1 saturated heterocycles. The van der Waals surface area contributed by atoms with Gasteiger partial charge in [0.2, 0.25) is 11.8 Å². The highest BCUT2D eigenvalue weighted by Gasteiger charge is 2.32. The maximum absolute atomic E-state index is 13.1. The van der Waals surface area contributed by atoms with E-state index in [9.17, 15) is 9.59 Å². The van der Waals surface area contributed by atoms with Gasteiger partial charge in [0.15, 0.2) is 0 Å². The molecule has 0 saturated carbocycles. The Kier molecular flexibility index (Phi) is 5.22. The molecule has 5 heteroatoms. The van der Waals surface area contributed by atoms with E-state index in [1.165, 1.54) is 0 Å². The van der Waals surface area contributed by atoms with Crippen molar-refractivity contribution in [3.05, 3.63) is 65.7 Å². The number of carbonyl (C=O) groups excluding carboxylic acids is 2. The molecular weight excluding hydrogens is 362 g/mol. The average molecular weight is 389 g/mol. The Balaban J connectivity index is 1.64. The SMILES string of the molecule is CC1(C)CCCN(C(=O)CN2C(=O)CN=C(c3ccccc3)c3ccccc32)C1. The molecule has 2 aromatic carbocycles. The van der Waals surface area contributed by atoms with Gasteiger partial charge in [-0.2, -0.15) is 0 Å². The van der Waals surface area contributed by atoms with Gasteiger partial charge in [0.25, 0.3) is 0 Å². The molecule has 2 aromatic rings. The van der Waals surface area contributed by atoms with Crippen LogP contribution in [0, 0.1) is 5.41 Å². The summed E-state index contributed by atoms with van der Waals surface area (Å²) in [4.78, 5) is 34.1. The fraction of sp³-hybridized carbons (Fsp3) is 0.375. The van der Waals surface area contributed by atoms with Gasteiger partial charge >= 0.3 is 0 Å². The lowest BCUT2D eigenvalue weighted by Crippen LogP contribution is -2.49. The highest BCUT2D eigenvalue weighted by molar-refractivity contribution is 6.20. The van der Waals surface area contributed by atoms with Crippen molar-refractivity contribution in [1.29, 1.82) is 0 Å². The molecule has 2 amide bonds. The Hall–Kier alpha value is -2.95. The summed E-state index contributed by atoms with van der Waals surface area (Å²) in [5.41, 5.74) is 3.53. The van der Waals surface area contributed by atoms with Gasteiger partial charge in [0.05, 0.1) is 11.4 Å². The number of para-hydroxylation sites is 1. The maximum atomic E-state index is 13.1. The predicted octanol–water partition coefficient (Wildman–Crippen LogP) is 3.52. The predicted molar refractivity (Wildman–Crippen MR) is 115 cm³/mol. The fourth-order valence-electron chi connectivity index (χ4n) is 4.25. The first-order valence-corrected chi connectivity index (χ1v) is 10.2. The minimum atomic E-state index is -0.145. The molecule has 0 radical (unpaired) electrons. The molecule has 0 atom stereocenters. The monoisotopic (exact) mass is 389 g/mol. The first-order valence-electron chi connectivity index (χ1n) is 10.2. The molecule has 0 bridgehead atoms. The molecule has 5 nitrogen and oxygen atoms in total. The zero-order valence-corrected chi connectivity index (χ0v) is 17.1. The molecule has 2 heterocycles. The van der Waals surface area contributed by atoms with Crippen LogP contribution in [0.25, 0.3) is 0 Å². The number of aliphatic imine (C=N–C) groups is 1. The molecule has 1 fully saturated rings. The number of anilines is 1. The van der Waals surface area contributed by atoms with Gasteiger partial charge in [-0.05, 0) is 24.3 Å². The van der Waals surface area contributed by atoms with Crippen LogP contribution in [0.1, 0.15) is 37.8 Å². The number of amides is 2. The van der Waals surface area contributed by atoms with Crippen LogP contribution in [0.3, 0.4) is 0 Å². The summed E-state index contributed by atoms with van der Waals surface area (Å²) in [7, 11) is 0. The number of likely N-dealkylation sites (tertiary alicyclic amines) is 1. The lowest BCUT2D eigenvalue weighted by Gasteiger charge is -2.39. The third kappa shape index (κ3) is 4.09. The number of nitrogens with zero attached hydrogens (tertiary/aromatic N) is 3. The van der Waals surface area contributed by atoms with Crippen LogP contribution in [0.2, 0.25) is 0 Å². The lowest BCUT2D eigenvalue weighted by molar-refractivity contribution is -0.134. The van der Waals surface area contributed by atoms with Gasteiger partial charge in [0, 0.05) is 24.2 Å². The fourth-order valence-corrected chi connectivity index (χ4v) is 4.25. The van der Waals surface area contributed by atoms with E-state index in [0.29, 0.717) is 0 Å². The summed E-state index contributed by atoms with van der Waals surface area (Å²) < 4.78 is 0. The number of benzene rings is 2. The summed E-state index contributed by atoms with van der Waals surface area (Å²) in [6.07, 6.45) is 2.13. The summed E-state index contributed by atoms with van der Waals surface area (Å²) in [5, 5.41) is 0. The van der Waals surface area contributed by atoms with Crippen molar-refractivity contribution in [3.8, 4) is 0 Å². The Morgan fingerprint density at radius 2 is 1.79 bits per heavy atom. The smallest absolute Gasteiger partial charge is 0.249 e. The normalized spacial score (nSPS) is 18.7. The Labute approximate surface area is 172 Å². The van der Waals surface area contributed by atoms with Gasteiger partial charge < -0.3 is 9.80 Å². The molecule has 0 aliphatic carbocycles. The third-order valence-corrected chi connectivity index (χ3v) is 5.72. The van der Waals surface area contributed by atoms with Crippen LogP contribution < -0.4 is 4.90 Å². The largest absolute Gasteiger partial charge is 0.341 e. The first-order chi connectivity index (χ1) is 13.9. The molecule has 2 aliphatic rings. The number of hydrogen-bond donors (Lipinski definition) is 0. The lowest BCUT2D eigenvalue weighted by atomic mass is 9.84. The van der Waals surface area contributed by atoms with E-state index < -0.39 is 0 Å². The van der Waals surface area contributed by atoms with Gasteiger partial charge in [-0.15, -0.1) is 0 Å². The van der Waals surface area contributed by atoms with Crippen molar-refractivity contribution in [2.75, 3.05) is 31.1 Å². The van der Waals surface area contributed by atoms with Crippen molar-refractivity contribution in [3.63, 3.8) is 0 Å². The van der Waals surface area contributed by atoms with Crippen LogP contribution in [-0.2, 0) is 9.59 Å². The quantitative estimate of drug-likeness (QED) is 0.807. The van der Waals surface area contributed by atoms with Crippen molar-refractivity contribution in [2.24, 2.45) is 10.4 Å². The van der Waals surface area contributed by atoms with Crippen LogP contribution in [-0.4, -0.2) is 48.6 Å². The molecule has 0 unspecified atom stereocenters. The molecule has 29 heavy (non-hydrogen) atoms. The molecule has 150 valence electrons. The second kappa shape index (κ2) is 7.82. The van der Waals surface area contributed by atoms with E-state index in [-0.39, 0.29) is 30.3 Å². The van der Waals surface area contributed by atoms with Gasteiger partial charge in [-0.25, -0.2) is 0 Å². The molecular formula is C24H27N3O2. The van der Waals surface area contributed by atoms with E-state index >= 15 is 0 Å². The maximum Gasteiger partial charge on any atom is 0.249 e. The number of fused-ring (bicyclic) bond motifs is 1. The van der Waals surface area contributed by atoms with Crippen molar-refractivity contribution < 1.29 is 9.59 Å². The zero-order valence-electron chi connectivity index (χ0n) is 17.1. The van der Waals surface area contributed by atoms with Gasteiger partial charge in [0.1, 0.15) is 13.1 Å². The first kappa shape index (κ1) is 19.4. The highest BCUT2D eigenvalue weighted by Crippen LogP contribution is 2.30. The van der Waals surface area contributed by atoms with Crippen molar-refractivity contribution in [1.82, 2.24) is 4.90 Å². The van der Waals surface area contributed by atoms with Gasteiger partial charge in [-0.1, -0.05) is 62.4 Å². The highest BCUT2D eigenvalue weighted by atomic mass is 16.2. The van der Waals surface area contributed by atoms with Crippen LogP contribution in [0.4, 0.5) is 5.69 Å². The second-order valence-corrected chi connectivity index (χ2v) is 8.61. The van der Waals surface area contributed by atoms with E-state index in [2.05, 4.69) is 18.8 Å². The zero-order chi connectivity index (χ0) is 20.4. The summed E-state index contributed by atoms with van der Waals surface area (Å²) in [6.45, 7) is 5.98. The van der Waals surface area contributed by atoms with E-state index in [1.54, 1.807) is 4.90 Å². The number of rotatable bonds is 3. The minimum absolute atomic E-state index is 0.00379. The van der Waals surface area contributed by atoms with E-state index in [0.717, 1.165) is 48.5 Å². The van der Waals surface area contributed by atoms with Crippen LogP contribution in [0.15, 0.2) is 59.6 Å². The number of benzodiazepines with no additional fused rings is 1. The minimum Gasteiger partial charge on any atom is -0.341 e. The van der Waals surface area contributed by atoms with Crippen molar-refractivity contribution in [2.45, 2.75) is 26.7 Å². The van der Waals surface area contributed by atoms with Crippen LogP contribution in [0.5, 0.6) is 0 Å². The van der Waals surface area contributed by atoms with E-state index in [1.807, 2.05) is 59.5 Å². The second-order valence-electron chi connectivity index (χ2n) is 8.61. The van der Waals surface area contributed by atoms with E-state index in [4.69, 9.17) is 0 Å². The van der Waals surface area contributed by atoms with Gasteiger partial charge in [-0.3, -0.25) is 14.6 Å². The molecule has 2 aliphatic heterocycles. The molecule has 0 aromatic heterocycles. The summed E-state index contributed by atoms with van der Waals surface area (Å²) in [6, 6.07) is 17.6. The molecule has 4 rings (SSSR count). The third-order valence-electron chi connectivity index (χ3n) is 5.72.